The fourth-order valence-electron chi connectivity index (χ4n) is 3.73. The Kier molecular flexibility index (Phi) is 7.30. The van der Waals surface area contributed by atoms with Crippen molar-refractivity contribution < 1.29 is 28.6 Å². The van der Waals surface area contributed by atoms with Crippen LogP contribution in [0.4, 0.5) is 4.39 Å². The number of methoxy groups -OCH3 is 1. The molecule has 0 aliphatic carbocycles. The summed E-state index contributed by atoms with van der Waals surface area (Å²) in [5.74, 6) is -1.91. The molecule has 2 aromatic rings. The van der Waals surface area contributed by atoms with Crippen LogP contribution in [0.25, 0.3) is 5.76 Å². The van der Waals surface area contributed by atoms with Gasteiger partial charge in [-0.1, -0.05) is 38.1 Å². The van der Waals surface area contributed by atoms with Crippen LogP contribution in [0.15, 0.2) is 60.7 Å². The van der Waals surface area contributed by atoms with Crippen molar-refractivity contribution in [3.63, 3.8) is 0 Å². The van der Waals surface area contributed by atoms with Gasteiger partial charge in [-0.3, -0.25) is 9.59 Å². The standard InChI is InChI=1S/C25H26FNO5/c1-4-6-12-27-22(16-8-7-9-18(14-16)32-13-5-2)21(24(29)25(27)30)23(28)19-15-17(26)10-11-20(19)31-3/h5,7-11,14-15,22,28H,2,4,6,12-13H2,1,3H3/b23-21+. The Hall–Kier alpha value is -3.61. The Bertz CT molecular complexity index is 1060. The van der Waals surface area contributed by atoms with Crippen LogP contribution >= 0.6 is 0 Å². The summed E-state index contributed by atoms with van der Waals surface area (Å²) in [6, 6.07) is 9.75. The van der Waals surface area contributed by atoms with Crippen LogP contribution in [0.3, 0.4) is 0 Å². The molecule has 1 saturated heterocycles. The second kappa shape index (κ2) is 10.1. The summed E-state index contributed by atoms with van der Waals surface area (Å²) in [6.07, 6.45) is 3.10. The molecule has 32 heavy (non-hydrogen) atoms. The van der Waals surface area contributed by atoms with Gasteiger partial charge in [-0.2, -0.15) is 0 Å². The summed E-state index contributed by atoms with van der Waals surface area (Å²) < 4.78 is 24.8. The Balaban J connectivity index is 2.20. The number of rotatable bonds is 9. The van der Waals surface area contributed by atoms with Crippen molar-refractivity contribution in [3.05, 3.63) is 77.6 Å². The van der Waals surface area contributed by atoms with Crippen LogP contribution in [0.2, 0.25) is 0 Å². The predicted molar refractivity (Wildman–Crippen MR) is 119 cm³/mol. The van der Waals surface area contributed by atoms with Crippen molar-refractivity contribution in [1.29, 1.82) is 0 Å². The molecule has 1 aliphatic rings. The van der Waals surface area contributed by atoms with Gasteiger partial charge in [0.05, 0.1) is 24.3 Å². The Morgan fingerprint density at radius 3 is 2.72 bits per heavy atom. The summed E-state index contributed by atoms with van der Waals surface area (Å²) >= 11 is 0. The van der Waals surface area contributed by atoms with E-state index in [1.165, 1.54) is 24.1 Å². The maximum Gasteiger partial charge on any atom is 0.295 e. The molecular formula is C25H26FNO5. The maximum atomic E-state index is 14.0. The van der Waals surface area contributed by atoms with E-state index < -0.39 is 29.3 Å². The molecule has 1 amide bonds. The van der Waals surface area contributed by atoms with Gasteiger partial charge in [0.2, 0.25) is 0 Å². The smallest absolute Gasteiger partial charge is 0.295 e. The zero-order valence-electron chi connectivity index (χ0n) is 18.1. The van der Waals surface area contributed by atoms with Crippen molar-refractivity contribution in [2.75, 3.05) is 20.3 Å². The molecule has 168 valence electrons. The van der Waals surface area contributed by atoms with Crippen LogP contribution in [0.5, 0.6) is 11.5 Å². The van der Waals surface area contributed by atoms with Gasteiger partial charge in [-0.15, -0.1) is 0 Å². The number of ether oxygens (including phenoxy) is 2. The molecule has 0 aromatic heterocycles. The number of ketones is 1. The monoisotopic (exact) mass is 439 g/mol. The van der Waals surface area contributed by atoms with Gasteiger partial charge in [-0.25, -0.2) is 4.39 Å². The lowest BCUT2D eigenvalue weighted by molar-refractivity contribution is -0.139. The molecule has 6 nitrogen and oxygen atoms in total. The molecular weight excluding hydrogens is 413 g/mol. The first kappa shape index (κ1) is 23.1. The van der Waals surface area contributed by atoms with Gasteiger partial charge in [0.15, 0.2) is 0 Å². The van der Waals surface area contributed by atoms with Crippen LogP contribution in [0.1, 0.15) is 36.9 Å². The zero-order chi connectivity index (χ0) is 23.3. The number of carbonyl (C=O) groups excluding carboxylic acids is 2. The van der Waals surface area contributed by atoms with Crippen molar-refractivity contribution in [3.8, 4) is 11.5 Å². The number of likely N-dealkylation sites (tertiary alicyclic amines) is 1. The third-order valence-electron chi connectivity index (χ3n) is 5.25. The maximum absolute atomic E-state index is 14.0. The van der Waals surface area contributed by atoms with E-state index in [1.54, 1.807) is 30.3 Å². The summed E-state index contributed by atoms with van der Waals surface area (Å²) in [5, 5.41) is 11.1. The lowest BCUT2D eigenvalue weighted by Crippen LogP contribution is -2.30. The number of aliphatic hydroxyl groups excluding tert-OH is 1. The lowest BCUT2D eigenvalue weighted by atomic mass is 9.94. The highest BCUT2D eigenvalue weighted by Crippen LogP contribution is 2.41. The number of unbranched alkanes of at least 4 members (excludes halogenated alkanes) is 1. The van der Waals surface area contributed by atoms with E-state index in [2.05, 4.69) is 6.58 Å². The fraction of sp³-hybridized carbons (Fsp3) is 0.280. The highest BCUT2D eigenvalue weighted by atomic mass is 19.1. The van der Waals surface area contributed by atoms with Crippen LogP contribution in [-0.2, 0) is 9.59 Å². The first-order valence-corrected chi connectivity index (χ1v) is 10.4. The van der Waals surface area contributed by atoms with Gasteiger partial charge >= 0.3 is 0 Å². The van der Waals surface area contributed by atoms with E-state index in [4.69, 9.17) is 9.47 Å². The van der Waals surface area contributed by atoms with Gasteiger partial charge in [0, 0.05) is 6.54 Å². The molecule has 2 aromatic carbocycles. The van der Waals surface area contributed by atoms with Crippen LogP contribution in [-0.4, -0.2) is 42.0 Å². The van der Waals surface area contributed by atoms with E-state index in [1.807, 2.05) is 6.92 Å². The topological polar surface area (TPSA) is 76.1 Å². The molecule has 1 unspecified atom stereocenters. The molecule has 0 spiro atoms. The number of hydrogen-bond donors (Lipinski definition) is 1. The lowest BCUT2D eigenvalue weighted by Gasteiger charge is -2.25. The van der Waals surface area contributed by atoms with Gasteiger partial charge < -0.3 is 19.5 Å². The van der Waals surface area contributed by atoms with Crippen molar-refractivity contribution in [1.82, 2.24) is 4.90 Å². The molecule has 0 radical (unpaired) electrons. The zero-order valence-corrected chi connectivity index (χ0v) is 18.1. The average Bonchev–Trinajstić information content (AvgIpc) is 3.05. The minimum atomic E-state index is -0.846. The van der Waals surface area contributed by atoms with Gasteiger partial charge in [-0.05, 0) is 42.3 Å². The summed E-state index contributed by atoms with van der Waals surface area (Å²) in [6.45, 7) is 6.23. The average molecular weight is 439 g/mol. The SMILES string of the molecule is C=CCOc1cccc(C2/C(=C(\O)c3cc(F)ccc3OC)C(=O)C(=O)N2CCCC)c1. The molecule has 1 aliphatic heterocycles. The minimum absolute atomic E-state index is 0.00468. The van der Waals surface area contributed by atoms with E-state index in [0.717, 1.165) is 12.5 Å². The minimum Gasteiger partial charge on any atom is -0.507 e. The number of carbonyl (C=O) groups is 2. The Labute approximate surface area is 186 Å². The van der Waals surface area contributed by atoms with Gasteiger partial charge in [0.25, 0.3) is 11.7 Å². The molecule has 1 fully saturated rings. The number of aliphatic hydroxyl groups is 1. The molecule has 0 bridgehead atoms. The third kappa shape index (κ3) is 4.51. The largest absolute Gasteiger partial charge is 0.507 e. The Morgan fingerprint density at radius 2 is 2.03 bits per heavy atom. The number of hydrogen-bond acceptors (Lipinski definition) is 5. The van der Waals surface area contributed by atoms with E-state index in [-0.39, 0.29) is 16.9 Å². The molecule has 7 heteroatoms. The van der Waals surface area contributed by atoms with Crippen LogP contribution < -0.4 is 9.47 Å². The summed E-state index contributed by atoms with van der Waals surface area (Å²) in [5.41, 5.74) is 0.486. The highest BCUT2D eigenvalue weighted by Gasteiger charge is 2.46. The third-order valence-corrected chi connectivity index (χ3v) is 5.25. The normalized spacial score (nSPS) is 17.5. The quantitative estimate of drug-likeness (QED) is 0.267. The predicted octanol–water partition coefficient (Wildman–Crippen LogP) is 4.62. The molecule has 1 heterocycles. The number of amides is 1. The van der Waals surface area contributed by atoms with Gasteiger partial charge in [0.1, 0.15) is 29.7 Å². The van der Waals surface area contributed by atoms with E-state index in [0.29, 0.717) is 30.9 Å². The summed E-state index contributed by atoms with van der Waals surface area (Å²) in [7, 11) is 1.38. The highest BCUT2D eigenvalue weighted by molar-refractivity contribution is 6.46. The van der Waals surface area contributed by atoms with E-state index >= 15 is 0 Å². The van der Waals surface area contributed by atoms with Crippen molar-refractivity contribution in [2.45, 2.75) is 25.8 Å². The summed E-state index contributed by atoms with van der Waals surface area (Å²) in [4.78, 5) is 27.4. The molecule has 3 rings (SSSR count). The first-order valence-electron chi connectivity index (χ1n) is 10.4. The number of benzene rings is 2. The molecule has 1 atom stereocenters. The second-order valence-electron chi connectivity index (χ2n) is 7.36. The second-order valence-corrected chi connectivity index (χ2v) is 7.36. The van der Waals surface area contributed by atoms with Crippen molar-refractivity contribution >= 4 is 17.4 Å². The molecule has 0 saturated carbocycles. The van der Waals surface area contributed by atoms with E-state index in [9.17, 15) is 19.1 Å². The number of Topliss-reactive ketones (excluding diaryl/α,β-unsaturated/α-hetero) is 1. The first-order chi connectivity index (χ1) is 15.4. The number of halogens is 1. The Morgan fingerprint density at radius 1 is 1.25 bits per heavy atom. The van der Waals surface area contributed by atoms with Crippen LogP contribution in [0, 0.1) is 5.82 Å². The fourth-order valence-corrected chi connectivity index (χ4v) is 3.73. The van der Waals surface area contributed by atoms with Crippen molar-refractivity contribution in [2.24, 2.45) is 0 Å². The molecule has 1 N–H and O–H groups in total. The number of nitrogens with zero attached hydrogens (tertiary/aromatic N) is 1.